The second kappa shape index (κ2) is 12.0. The zero-order valence-corrected chi connectivity index (χ0v) is 14.2. The Balaban J connectivity index is 0. The number of hydrogen-bond donors (Lipinski definition) is 2. The van der Waals surface area contributed by atoms with E-state index in [1.54, 1.807) is 0 Å². The Morgan fingerprint density at radius 3 is 1.75 bits per heavy atom. The van der Waals surface area contributed by atoms with E-state index in [2.05, 4.69) is 34.3 Å². The molecule has 0 fully saturated rings. The lowest BCUT2D eigenvalue weighted by atomic mass is 9.74. The standard InChI is InChI=1S/C13H29N.C4H6O2/c1-5-9-12(8-4)13(14,10-6-2)11-7-3;1-3(2)4(5)6/h12H,5-11,14H2,1-4H3;1H2,2H3,(H,5,6). The van der Waals surface area contributed by atoms with E-state index in [0.717, 1.165) is 5.92 Å². The first-order valence-corrected chi connectivity index (χ1v) is 7.96. The summed E-state index contributed by atoms with van der Waals surface area (Å²) in [6.07, 6.45) is 8.63. The smallest absolute Gasteiger partial charge is 0.330 e. The molecule has 1 atom stereocenters. The van der Waals surface area contributed by atoms with E-state index >= 15 is 0 Å². The van der Waals surface area contributed by atoms with Crippen LogP contribution in [0.4, 0.5) is 0 Å². The number of aliphatic carboxylic acids is 1. The zero-order chi connectivity index (χ0) is 16.2. The minimum Gasteiger partial charge on any atom is -0.478 e. The van der Waals surface area contributed by atoms with Gasteiger partial charge in [0, 0.05) is 11.1 Å². The molecular formula is C17H35NO2. The third-order valence-electron chi connectivity index (χ3n) is 3.74. The maximum Gasteiger partial charge on any atom is 0.330 e. The highest BCUT2D eigenvalue weighted by molar-refractivity contribution is 5.84. The van der Waals surface area contributed by atoms with Crippen LogP contribution in [-0.2, 0) is 4.79 Å². The molecule has 3 nitrogen and oxygen atoms in total. The second-order valence-corrected chi connectivity index (χ2v) is 5.71. The SMILES string of the molecule is C=C(C)C(=O)O.CCCC(CC)C(N)(CCC)CCC. The van der Waals surface area contributed by atoms with Gasteiger partial charge >= 0.3 is 5.97 Å². The molecule has 0 saturated carbocycles. The summed E-state index contributed by atoms with van der Waals surface area (Å²) in [5.41, 5.74) is 6.86. The van der Waals surface area contributed by atoms with Gasteiger partial charge in [-0.3, -0.25) is 0 Å². The molecule has 0 rings (SSSR count). The monoisotopic (exact) mass is 285 g/mol. The van der Waals surface area contributed by atoms with Gasteiger partial charge in [0.25, 0.3) is 0 Å². The summed E-state index contributed by atoms with van der Waals surface area (Å²) in [5.74, 6) is -0.206. The second-order valence-electron chi connectivity index (χ2n) is 5.71. The number of carboxylic acids is 1. The molecule has 3 heteroatoms. The molecule has 0 radical (unpaired) electrons. The van der Waals surface area contributed by atoms with E-state index in [4.69, 9.17) is 10.8 Å². The number of hydrogen-bond acceptors (Lipinski definition) is 2. The van der Waals surface area contributed by atoms with Crippen molar-refractivity contribution in [2.24, 2.45) is 11.7 Å². The number of carboxylic acid groups (broad SMARTS) is 1. The van der Waals surface area contributed by atoms with E-state index in [1.165, 1.54) is 51.9 Å². The first-order valence-electron chi connectivity index (χ1n) is 7.96. The molecule has 20 heavy (non-hydrogen) atoms. The van der Waals surface area contributed by atoms with Crippen molar-refractivity contribution < 1.29 is 9.90 Å². The number of carbonyl (C=O) groups is 1. The molecular weight excluding hydrogens is 250 g/mol. The van der Waals surface area contributed by atoms with E-state index in [9.17, 15) is 4.79 Å². The molecule has 120 valence electrons. The highest BCUT2D eigenvalue weighted by Gasteiger charge is 2.30. The van der Waals surface area contributed by atoms with Crippen molar-refractivity contribution in [3.63, 3.8) is 0 Å². The van der Waals surface area contributed by atoms with Crippen LogP contribution in [0.5, 0.6) is 0 Å². The molecule has 0 aromatic carbocycles. The lowest BCUT2D eigenvalue weighted by Crippen LogP contribution is -2.46. The Morgan fingerprint density at radius 1 is 1.15 bits per heavy atom. The minimum atomic E-state index is -0.935. The lowest BCUT2D eigenvalue weighted by Gasteiger charge is -2.37. The highest BCUT2D eigenvalue weighted by atomic mass is 16.4. The molecule has 0 aromatic rings. The van der Waals surface area contributed by atoms with Crippen LogP contribution in [-0.4, -0.2) is 16.6 Å². The summed E-state index contributed by atoms with van der Waals surface area (Å²) in [6.45, 7) is 13.6. The molecule has 1 unspecified atom stereocenters. The van der Waals surface area contributed by atoms with Crippen molar-refractivity contribution in [3.05, 3.63) is 12.2 Å². The van der Waals surface area contributed by atoms with Crippen LogP contribution >= 0.6 is 0 Å². The van der Waals surface area contributed by atoms with E-state index in [1.807, 2.05) is 0 Å². The van der Waals surface area contributed by atoms with E-state index < -0.39 is 5.97 Å². The van der Waals surface area contributed by atoms with Gasteiger partial charge in [-0.1, -0.05) is 60.0 Å². The van der Waals surface area contributed by atoms with Crippen LogP contribution in [0.15, 0.2) is 12.2 Å². The van der Waals surface area contributed by atoms with Crippen LogP contribution < -0.4 is 5.73 Å². The Hall–Kier alpha value is -0.830. The third kappa shape index (κ3) is 9.13. The van der Waals surface area contributed by atoms with Gasteiger partial charge in [0.2, 0.25) is 0 Å². The predicted octanol–water partition coefficient (Wildman–Crippen LogP) is 4.76. The van der Waals surface area contributed by atoms with Crippen molar-refractivity contribution in [3.8, 4) is 0 Å². The third-order valence-corrected chi connectivity index (χ3v) is 3.74. The van der Waals surface area contributed by atoms with E-state index in [-0.39, 0.29) is 11.1 Å². The molecule has 0 aliphatic heterocycles. The molecule has 0 saturated heterocycles. The van der Waals surface area contributed by atoms with Gasteiger partial charge in [0.15, 0.2) is 0 Å². The van der Waals surface area contributed by atoms with Gasteiger partial charge in [-0.25, -0.2) is 4.79 Å². The number of nitrogens with two attached hydrogens (primary N) is 1. The van der Waals surface area contributed by atoms with Gasteiger partial charge in [-0.05, 0) is 32.1 Å². The summed E-state index contributed by atoms with van der Waals surface area (Å²) in [6, 6.07) is 0. The average Bonchev–Trinajstić information content (AvgIpc) is 2.36. The number of rotatable bonds is 9. The maximum absolute atomic E-state index is 9.60. The van der Waals surface area contributed by atoms with Crippen LogP contribution in [0.3, 0.4) is 0 Å². The maximum atomic E-state index is 9.60. The lowest BCUT2D eigenvalue weighted by molar-refractivity contribution is -0.132. The summed E-state index contributed by atoms with van der Waals surface area (Å²) in [7, 11) is 0. The first kappa shape index (κ1) is 21.5. The molecule has 0 amide bonds. The Bertz CT molecular complexity index is 256. The topological polar surface area (TPSA) is 63.3 Å². The van der Waals surface area contributed by atoms with Crippen molar-refractivity contribution in [1.29, 1.82) is 0 Å². The first-order chi connectivity index (χ1) is 9.28. The fraction of sp³-hybridized carbons (Fsp3) is 0.824. The van der Waals surface area contributed by atoms with Crippen LogP contribution in [0.2, 0.25) is 0 Å². The van der Waals surface area contributed by atoms with E-state index in [0.29, 0.717) is 0 Å². The van der Waals surface area contributed by atoms with Gasteiger partial charge < -0.3 is 10.8 Å². The molecule has 0 spiro atoms. The predicted molar refractivity (Wildman–Crippen MR) is 87.9 cm³/mol. The van der Waals surface area contributed by atoms with Gasteiger partial charge in [0.1, 0.15) is 0 Å². The molecule has 0 aromatic heterocycles. The summed E-state index contributed by atoms with van der Waals surface area (Å²) >= 11 is 0. The Labute approximate surface area is 125 Å². The van der Waals surface area contributed by atoms with Gasteiger partial charge in [0.05, 0.1) is 0 Å². The molecule has 0 bridgehead atoms. The largest absolute Gasteiger partial charge is 0.478 e. The fourth-order valence-electron chi connectivity index (χ4n) is 2.71. The molecule has 3 N–H and O–H groups in total. The molecule has 0 aliphatic rings. The fourth-order valence-corrected chi connectivity index (χ4v) is 2.71. The molecule has 0 heterocycles. The summed E-state index contributed by atoms with van der Waals surface area (Å²) in [4.78, 5) is 9.60. The Morgan fingerprint density at radius 2 is 1.55 bits per heavy atom. The Kier molecular flexibility index (Phi) is 12.8. The molecule has 0 aliphatic carbocycles. The van der Waals surface area contributed by atoms with Crippen molar-refractivity contribution in [1.82, 2.24) is 0 Å². The highest BCUT2D eigenvalue weighted by Crippen LogP contribution is 2.31. The van der Waals surface area contributed by atoms with Crippen LogP contribution in [0.25, 0.3) is 0 Å². The van der Waals surface area contributed by atoms with Gasteiger partial charge in [-0.2, -0.15) is 0 Å². The quantitative estimate of drug-likeness (QED) is 0.600. The minimum absolute atomic E-state index is 0.119. The normalized spacial score (nSPS) is 12.3. The van der Waals surface area contributed by atoms with Crippen LogP contribution in [0, 0.1) is 5.92 Å². The van der Waals surface area contributed by atoms with Crippen molar-refractivity contribution in [2.45, 2.75) is 85.1 Å². The van der Waals surface area contributed by atoms with Crippen molar-refractivity contribution >= 4 is 5.97 Å². The van der Waals surface area contributed by atoms with Crippen molar-refractivity contribution in [2.75, 3.05) is 0 Å². The average molecular weight is 285 g/mol. The summed E-state index contributed by atoms with van der Waals surface area (Å²) in [5, 5.41) is 7.89. The zero-order valence-electron chi connectivity index (χ0n) is 14.2. The van der Waals surface area contributed by atoms with Gasteiger partial charge in [-0.15, -0.1) is 0 Å². The van der Waals surface area contributed by atoms with Crippen LogP contribution in [0.1, 0.15) is 79.6 Å². The summed E-state index contributed by atoms with van der Waals surface area (Å²) < 4.78 is 0.